The van der Waals surface area contributed by atoms with Gasteiger partial charge in [0.2, 0.25) is 0 Å². The first-order valence-electron chi connectivity index (χ1n) is 12.2. The molecule has 0 radical (unpaired) electrons. The second-order valence-corrected chi connectivity index (χ2v) is 11.0. The minimum Gasteiger partial charge on any atom is -0.497 e. The van der Waals surface area contributed by atoms with E-state index in [1.165, 1.54) is 6.20 Å². The summed E-state index contributed by atoms with van der Waals surface area (Å²) in [5, 5.41) is 22.5. The lowest BCUT2D eigenvalue weighted by Crippen LogP contribution is -2.43. The molecular formula is C27H30ClF3N2O3S. The standard InChI is InChI=1S/C27H30ClF3N2O3S/c1-36-18-2-3-23-19(14-18)25(20(28)15-32-23)24(35)4-5-27(16-34)6-8-33(9-7-27)10-11-37-26-21(30)12-17(29)13-22(26)31/h2-3,12-15,24,34-35H,4-11,16H2,1H3. The second-order valence-electron chi connectivity index (χ2n) is 9.50. The number of likely N-dealkylation sites (tertiary alicyclic amines) is 1. The average molecular weight is 555 g/mol. The van der Waals surface area contributed by atoms with Crippen LogP contribution < -0.4 is 4.74 Å². The molecule has 2 aromatic carbocycles. The summed E-state index contributed by atoms with van der Waals surface area (Å²) in [4.78, 5) is 6.36. The van der Waals surface area contributed by atoms with Crippen molar-refractivity contribution in [1.29, 1.82) is 0 Å². The van der Waals surface area contributed by atoms with Crippen LogP contribution in [-0.4, -0.2) is 59.2 Å². The summed E-state index contributed by atoms with van der Waals surface area (Å²) >= 11 is 7.47. The topological polar surface area (TPSA) is 65.8 Å². The highest BCUT2D eigenvalue weighted by molar-refractivity contribution is 7.99. The number of thioether (sulfide) groups is 1. The Balaban J connectivity index is 1.33. The number of hydrogen-bond acceptors (Lipinski definition) is 6. The molecule has 5 nitrogen and oxygen atoms in total. The predicted molar refractivity (Wildman–Crippen MR) is 140 cm³/mol. The third-order valence-electron chi connectivity index (χ3n) is 7.22. The molecule has 1 saturated heterocycles. The van der Waals surface area contributed by atoms with Crippen LogP contribution in [-0.2, 0) is 0 Å². The summed E-state index contributed by atoms with van der Waals surface area (Å²) in [5.41, 5.74) is 0.989. The normalized spacial score (nSPS) is 16.7. The maximum atomic E-state index is 13.9. The monoisotopic (exact) mass is 554 g/mol. The van der Waals surface area contributed by atoms with Gasteiger partial charge < -0.3 is 19.8 Å². The highest BCUT2D eigenvalue weighted by Gasteiger charge is 2.34. The van der Waals surface area contributed by atoms with E-state index in [1.807, 2.05) is 12.1 Å². The van der Waals surface area contributed by atoms with Gasteiger partial charge >= 0.3 is 0 Å². The van der Waals surface area contributed by atoms with Crippen LogP contribution in [0.2, 0.25) is 5.02 Å². The molecule has 4 rings (SSSR count). The highest BCUT2D eigenvalue weighted by atomic mass is 35.5. The number of halogens is 4. The van der Waals surface area contributed by atoms with E-state index < -0.39 is 23.6 Å². The third kappa shape index (κ3) is 6.52. The number of fused-ring (bicyclic) bond motifs is 1. The van der Waals surface area contributed by atoms with Gasteiger partial charge in [0.25, 0.3) is 0 Å². The first-order chi connectivity index (χ1) is 17.7. The van der Waals surface area contributed by atoms with Crippen LogP contribution in [0.25, 0.3) is 10.9 Å². The number of methoxy groups -OCH3 is 1. The zero-order chi connectivity index (χ0) is 26.6. The summed E-state index contributed by atoms with van der Waals surface area (Å²) in [6.07, 6.45) is 3.22. The first-order valence-corrected chi connectivity index (χ1v) is 13.5. The molecular weight excluding hydrogens is 525 g/mol. The number of aliphatic hydroxyl groups excluding tert-OH is 2. The fourth-order valence-electron chi connectivity index (χ4n) is 4.90. The minimum atomic E-state index is -0.931. The molecule has 3 aromatic rings. The van der Waals surface area contributed by atoms with E-state index in [1.54, 1.807) is 13.2 Å². The summed E-state index contributed by atoms with van der Waals surface area (Å²) in [6.45, 7) is 2.07. The molecule has 1 unspecified atom stereocenters. The van der Waals surface area contributed by atoms with Crippen LogP contribution in [0.15, 0.2) is 41.4 Å². The number of piperidine rings is 1. The van der Waals surface area contributed by atoms with Crippen LogP contribution in [0.1, 0.15) is 37.4 Å². The maximum Gasteiger partial charge on any atom is 0.142 e. The molecule has 2 heterocycles. The minimum absolute atomic E-state index is 0.00690. The van der Waals surface area contributed by atoms with Crippen molar-refractivity contribution in [3.05, 3.63) is 64.6 Å². The molecule has 1 fully saturated rings. The predicted octanol–water partition coefficient (Wildman–Crippen LogP) is 5.99. The number of ether oxygens (including phenoxy) is 1. The molecule has 2 N–H and O–H groups in total. The van der Waals surface area contributed by atoms with Gasteiger partial charge in [0.05, 0.1) is 28.6 Å². The van der Waals surface area contributed by atoms with Crippen LogP contribution in [0, 0.1) is 22.9 Å². The first kappa shape index (κ1) is 28.0. The van der Waals surface area contributed by atoms with E-state index >= 15 is 0 Å². The van der Waals surface area contributed by atoms with Crippen molar-refractivity contribution >= 4 is 34.3 Å². The number of benzene rings is 2. The average Bonchev–Trinajstić information content (AvgIpc) is 2.89. The molecule has 1 aromatic heterocycles. The summed E-state index contributed by atoms with van der Waals surface area (Å²) < 4.78 is 46.2. The zero-order valence-electron chi connectivity index (χ0n) is 20.5. The molecule has 0 aliphatic carbocycles. The van der Waals surface area contributed by atoms with Crippen LogP contribution in [0.5, 0.6) is 5.75 Å². The van der Waals surface area contributed by atoms with Gasteiger partial charge in [-0.05, 0) is 62.4 Å². The number of aliphatic hydroxyl groups is 2. The van der Waals surface area contributed by atoms with Gasteiger partial charge in [-0.15, -0.1) is 11.8 Å². The molecule has 1 aliphatic rings. The van der Waals surface area contributed by atoms with Gasteiger partial charge in [-0.1, -0.05) is 11.6 Å². The van der Waals surface area contributed by atoms with Gasteiger partial charge in [0, 0.05) is 48.2 Å². The molecule has 10 heteroatoms. The third-order valence-corrected chi connectivity index (χ3v) is 8.59. The van der Waals surface area contributed by atoms with Crippen LogP contribution in [0.4, 0.5) is 13.2 Å². The molecule has 1 aliphatic heterocycles. The van der Waals surface area contributed by atoms with E-state index in [0.29, 0.717) is 59.1 Å². The molecule has 0 saturated carbocycles. The van der Waals surface area contributed by atoms with E-state index in [0.717, 1.165) is 43.1 Å². The molecule has 200 valence electrons. The van der Waals surface area contributed by atoms with Crippen molar-refractivity contribution in [1.82, 2.24) is 9.88 Å². The van der Waals surface area contributed by atoms with Gasteiger partial charge in [-0.2, -0.15) is 0 Å². The van der Waals surface area contributed by atoms with Gasteiger partial charge in [0.1, 0.15) is 23.2 Å². The van der Waals surface area contributed by atoms with Gasteiger partial charge in [-0.3, -0.25) is 4.98 Å². The van der Waals surface area contributed by atoms with Crippen molar-refractivity contribution in [2.75, 3.05) is 39.1 Å². The van der Waals surface area contributed by atoms with Crippen molar-refractivity contribution in [2.24, 2.45) is 5.41 Å². The van der Waals surface area contributed by atoms with Crippen LogP contribution >= 0.6 is 23.4 Å². The Labute approximate surface area is 223 Å². The van der Waals surface area contributed by atoms with Crippen molar-refractivity contribution in [3.8, 4) is 5.75 Å². The Bertz CT molecular complexity index is 1220. The number of pyridine rings is 1. The lowest BCUT2D eigenvalue weighted by atomic mass is 9.74. The second kappa shape index (κ2) is 12.2. The Hall–Kier alpha value is -2.04. The number of nitrogens with zero attached hydrogens (tertiary/aromatic N) is 2. The van der Waals surface area contributed by atoms with Gasteiger partial charge in [-0.25, -0.2) is 13.2 Å². The Kier molecular flexibility index (Phi) is 9.24. The molecule has 0 bridgehead atoms. The van der Waals surface area contributed by atoms with E-state index in [-0.39, 0.29) is 16.9 Å². The van der Waals surface area contributed by atoms with E-state index in [2.05, 4.69) is 9.88 Å². The van der Waals surface area contributed by atoms with Crippen molar-refractivity contribution < 1.29 is 28.1 Å². The maximum absolute atomic E-state index is 13.9. The van der Waals surface area contributed by atoms with E-state index in [9.17, 15) is 23.4 Å². The Morgan fingerprint density at radius 1 is 1.16 bits per heavy atom. The molecule has 0 amide bonds. The molecule has 37 heavy (non-hydrogen) atoms. The lowest BCUT2D eigenvalue weighted by molar-refractivity contribution is 0.0254. The highest BCUT2D eigenvalue weighted by Crippen LogP contribution is 2.40. The number of rotatable bonds is 10. The molecule has 0 spiro atoms. The Morgan fingerprint density at radius 2 is 1.86 bits per heavy atom. The van der Waals surface area contributed by atoms with Crippen LogP contribution in [0.3, 0.4) is 0 Å². The smallest absolute Gasteiger partial charge is 0.142 e. The van der Waals surface area contributed by atoms with Crippen molar-refractivity contribution in [3.63, 3.8) is 0 Å². The largest absolute Gasteiger partial charge is 0.497 e. The summed E-state index contributed by atoms with van der Waals surface area (Å²) in [7, 11) is 1.57. The fraction of sp³-hybridized carbons (Fsp3) is 0.444. The SMILES string of the molecule is COc1ccc2ncc(Cl)c(C(O)CCC3(CO)CCN(CCSc4c(F)cc(F)cc4F)CC3)c2c1. The summed E-state index contributed by atoms with van der Waals surface area (Å²) in [5.74, 6) is -1.60. The molecule has 1 atom stereocenters. The summed E-state index contributed by atoms with van der Waals surface area (Å²) in [6, 6.07) is 6.82. The fourth-order valence-corrected chi connectivity index (χ4v) is 6.13. The Morgan fingerprint density at radius 3 is 2.51 bits per heavy atom. The lowest BCUT2D eigenvalue weighted by Gasteiger charge is -2.41. The number of aromatic nitrogens is 1. The quantitative estimate of drug-likeness (QED) is 0.300. The van der Waals surface area contributed by atoms with E-state index in [4.69, 9.17) is 16.3 Å². The number of hydrogen-bond donors (Lipinski definition) is 2. The van der Waals surface area contributed by atoms with Gasteiger partial charge in [0.15, 0.2) is 0 Å². The zero-order valence-corrected chi connectivity index (χ0v) is 22.1. The van der Waals surface area contributed by atoms with Crippen molar-refractivity contribution in [2.45, 2.75) is 36.7 Å².